The van der Waals surface area contributed by atoms with E-state index in [-0.39, 0.29) is 17.5 Å². The zero-order valence-corrected chi connectivity index (χ0v) is 21.5. The van der Waals surface area contributed by atoms with Gasteiger partial charge in [-0.2, -0.15) is 0 Å². The van der Waals surface area contributed by atoms with Gasteiger partial charge in [-0.3, -0.25) is 4.79 Å². The molecule has 0 spiro atoms. The van der Waals surface area contributed by atoms with E-state index in [0.717, 1.165) is 45.1 Å². The Labute approximate surface area is 191 Å². The molecule has 3 N–H and O–H groups in total. The quantitative estimate of drug-likeness (QED) is 0.147. The number of quaternary nitrogens is 1. The van der Waals surface area contributed by atoms with Gasteiger partial charge in [0, 0.05) is 6.61 Å². The summed E-state index contributed by atoms with van der Waals surface area (Å²) in [6.45, 7) is 8.30. The number of aliphatic carboxylic acids is 1. The molecule has 8 nitrogen and oxygen atoms in total. The van der Waals surface area contributed by atoms with Crippen LogP contribution in [0.2, 0.25) is 0 Å². The number of hydrogen-bond acceptors (Lipinski definition) is 6. The molecule has 0 aromatic rings. The molecule has 1 unspecified atom stereocenters. The van der Waals surface area contributed by atoms with Crippen LogP contribution in [-0.4, -0.2) is 78.5 Å². The van der Waals surface area contributed by atoms with Crippen molar-refractivity contribution in [3.8, 4) is 0 Å². The molecular weight excluding hydrogens is 421 g/mol. The summed E-state index contributed by atoms with van der Waals surface area (Å²) in [5, 5.41) is 9.01. The molecule has 0 aliphatic heterocycles. The molecule has 31 heavy (non-hydrogen) atoms. The molecule has 0 aliphatic carbocycles. The minimum atomic E-state index is -2.04. The second kappa shape index (κ2) is 18.1. The van der Waals surface area contributed by atoms with Crippen molar-refractivity contribution in [1.29, 1.82) is 0 Å². The van der Waals surface area contributed by atoms with Gasteiger partial charge in [0.25, 0.3) is 0 Å². The maximum Gasteiger partial charge on any atom is 0.330 e. The van der Waals surface area contributed by atoms with Crippen molar-refractivity contribution in [2.24, 2.45) is 0 Å². The molecule has 0 radical (unpaired) electrons. The van der Waals surface area contributed by atoms with Gasteiger partial charge in [0.2, 0.25) is 0 Å². The Morgan fingerprint density at radius 1 is 1.00 bits per heavy atom. The third kappa shape index (κ3) is 22.6. The van der Waals surface area contributed by atoms with Gasteiger partial charge in [0.05, 0.1) is 39.8 Å². The van der Waals surface area contributed by atoms with E-state index in [4.69, 9.17) is 18.9 Å². The third-order valence-corrected chi connectivity index (χ3v) is 5.61. The highest BCUT2D eigenvalue weighted by Gasteiger charge is 2.25. The maximum atomic E-state index is 11.0. The summed E-state index contributed by atoms with van der Waals surface area (Å²) in [5.41, 5.74) is 0.00406. The molecule has 0 saturated carbocycles. The maximum absolute atomic E-state index is 11.0. The molecule has 0 bridgehead atoms. The summed E-state index contributed by atoms with van der Waals surface area (Å²) in [4.78, 5) is 20.9. The van der Waals surface area contributed by atoms with Crippen molar-refractivity contribution in [3.05, 3.63) is 0 Å². The van der Waals surface area contributed by atoms with Crippen LogP contribution in [-0.2, 0) is 18.6 Å². The number of carboxylic acids is 1. The van der Waals surface area contributed by atoms with Crippen LogP contribution in [0.4, 0.5) is 0 Å². The summed E-state index contributed by atoms with van der Waals surface area (Å²) in [7, 11) is 3.83. The number of hydrogen-bond donors (Lipinski definition) is 2. The van der Waals surface area contributed by atoms with Crippen molar-refractivity contribution in [2.45, 2.75) is 96.7 Å². The fourth-order valence-corrected chi connectivity index (χ4v) is 4.09. The smallest absolute Gasteiger partial charge is 0.330 e. The Kier molecular flexibility index (Phi) is 19.2. The predicted octanol–water partition coefficient (Wildman–Crippen LogP) is 4.94. The van der Waals surface area contributed by atoms with Crippen molar-refractivity contribution < 1.29 is 38.5 Å². The Morgan fingerprint density at radius 2 is 1.52 bits per heavy atom. The predicted molar refractivity (Wildman–Crippen MR) is 124 cm³/mol. The van der Waals surface area contributed by atoms with Crippen LogP contribution in [0.1, 0.15) is 85.0 Å². The van der Waals surface area contributed by atoms with Crippen molar-refractivity contribution in [3.63, 3.8) is 0 Å². The first-order chi connectivity index (χ1) is 13.9. The summed E-state index contributed by atoms with van der Waals surface area (Å²) in [5.74, 6) is -0.937. The second-order valence-electron chi connectivity index (χ2n) is 9.70. The van der Waals surface area contributed by atoms with Crippen LogP contribution in [0, 0.1) is 0 Å². The monoisotopic (exact) mass is 469 g/mol. The van der Waals surface area contributed by atoms with Crippen LogP contribution in [0.15, 0.2) is 0 Å². The van der Waals surface area contributed by atoms with Crippen LogP contribution in [0.25, 0.3) is 0 Å². The highest BCUT2D eigenvalue weighted by Crippen LogP contribution is 2.36. The zero-order valence-electron chi connectivity index (χ0n) is 20.6. The van der Waals surface area contributed by atoms with E-state index in [1.807, 2.05) is 21.1 Å². The van der Waals surface area contributed by atoms with E-state index < -0.39 is 20.7 Å². The number of nitrogens with zero attached hydrogens (tertiary/aromatic N) is 1. The van der Waals surface area contributed by atoms with Crippen molar-refractivity contribution in [1.82, 2.24) is 0 Å². The summed E-state index contributed by atoms with van der Waals surface area (Å²) in [6, 6.07) is 0. The minimum Gasteiger partial charge on any atom is -0.870 e. The number of likely N-dealkylation sites (N-methyl/N-ethyl adjacent to an activating group) is 1. The van der Waals surface area contributed by atoms with Crippen molar-refractivity contribution in [2.75, 3.05) is 40.9 Å². The van der Waals surface area contributed by atoms with Crippen LogP contribution in [0.5, 0.6) is 0 Å². The largest absolute Gasteiger partial charge is 0.870 e. The van der Waals surface area contributed by atoms with Gasteiger partial charge in [0.1, 0.15) is 12.6 Å². The van der Waals surface area contributed by atoms with E-state index in [9.17, 15) is 9.69 Å². The number of carboxylic acid groups (broad SMARTS) is 1. The van der Waals surface area contributed by atoms with Gasteiger partial charge in [-0.25, -0.2) is 0 Å². The molecule has 0 heterocycles. The molecule has 0 saturated heterocycles. The van der Waals surface area contributed by atoms with E-state index in [2.05, 4.69) is 20.8 Å². The van der Waals surface area contributed by atoms with Gasteiger partial charge >= 0.3 is 14.6 Å². The lowest BCUT2D eigenvalue weighted by Crippen LogP contribution is -2.42. The lowest BCUT2D eigenvalue weighted by atomic mass is 10.0. The van der Waals surface area contributed by atoms with Crippen molar-refractivity contribution >= 4 is 14.6 Å². The SMILES string of the molecule is CCCC(C)(C)OCCCCCCCCCO[P@](O)OC(CC(=O)O)C[N+](C)(C)C.[OH-]. The summed E-state index contributed by atoms with van der Waals surface area (Å²) >= 11 is 0. The van der Waals surface area contributed by atoms with Gasteiger partial charge in [-0.05, 0) is 33.1 Å². The summed E-state index contributed by atoms with van der Waals surface area (Å²) in [6.07, 6.45) is 9.37. The first kappa shape index (κ1) is 32.8. The second-order valence-corrected chi connectivity index (χ2v) is 10.6. The first-order valence-electron chi connectivity index (χ1n) is 11.4. The molecule has 0 rings (SSSR count). The van der Waals surface area contributed by atoms with Gasteiger partial charge in [-0.15, -0.1) is 0 Å². The standard InChI is InChI=1S/C22H46NO6P.H2O/c1-7-15-22(2,3)27-16-13-11-9-8-10-12-14-17-28-30(26)29-20(18-21(24)25)19-23(4,5)6;/h20,26H,7-19H2,1-6H3;1H2/t20?,30-;/m0./s1. The first-order valence-corrected chi connectivity index (χ1v) is 12.5. The topological polar surface area (TPSA) is 115 Å². The molecule has 2 atom stereocenters. The van der Waals surface area contributed by atoms with Gasteiger partial charge < -0.3 is 33.7 Å². The normalized spacial score (nSPS) is 14.2. The van der Waals surface area contributed by atoms with E-state index in [1.54, 1.807) is 0 Å². The molecular formula is C22H48NO7P. The number of carbonyl (C=O) groups is 1. The minimum absolute atomic E-state index is 0. The van der Waals surface area contributed by atoms with E-state index in [1.165, 1.54) is 19.3 Å². The fraction of sp³-hybridized carbons (Fsp3) is 0.955. The lowest BCUT2D eigenvalue weighted by Gasteiger charge is -2.29. The number of rotatable bonds is 20. The highest BCUT2D eigenvalue weighted by atomic mass is 31.2. The number of unbranched alkanes of at least 4 members (excludes halogenated alkanes) is 6. The third-order valence-electron chi connectivity index (χ3n) is 4.73. The van der Waals surface area contributed by atoms with Gasteiger partial charge in [-0.1, -0.05) is 45.4 Å². The lowest BCUT2D eigenvalue weighted by molar-refractivity contribution is -0.873. The molecule has 0 aliphatic rings. The van der Waals surface area contributed by atoms with Crippen LogP contribution >= 0.6 is 8.60 Å². The average molecular weight is 470 g/mol. The molecule has 188 valence electrons. The molecule has 0 aromatic carbocycles. The van der Waals surface area contributed by atoms with Gasteiger partial charge in [0.15, 0.2) is 0 Å². The fourth-order valence-electron chi connectivity index (χ4n) is 3.35. The average Bonchev–Trinajstić information content (AvgIpc) is 2.57. The Hall–Kier alpha value is -0.340. The Bertz CT molecular complexity index is 444. The highest BCUT2D eigenvalue weighted by molar-refractivity contribution is 7.40. The summed E-state index contributed by atoms with van der Waals surface area (Å²) < 4.78 is 17.3. The number of ether oxygens (including phenoxy) is 1. The van der Waals surface area contributed by atoms with E-state index >= 15 is 0 Å². The van der Waals surface area contributed by atoms with Crippen LogP contribution < -0.4 is 0 Å². The zero-order chi connectivity index (χ0) is 23.0. The molecule has 9 heteroatoms. The Balaban J connectivity index is 0. The molecule has 0 fully saturated rings. The van der Waals surface area contributed by atoms with E-state index in [0.29, 0.717) is 17.6 Å². The Morgan fingerprint density at radius 3 is 2.00 bits per heavy atom. The van der Waals surface area contributed by atoms with Crippen LogP contribution in [0.3, 0.4) is 0 Å². The molecule has 0 aromatic heterocycles. The molecule has 0 amide bonds.